The number of rotatable bonds is 6. The van der Waals surface area contributed by atoms with Crippen molar-refractivity contribution in [2.24, 2.45) is 5.92 Å². The Morgan fingerprint density at radius 3 is 2.69 bits per heavy atom. The highest BCUT2D eigenvalue weighted by Gasteiger charge is 2.26. The first-order valence-corrected chi connectivity index (χ1v) is 10.9. The minimum atomic E-state index is -0.580. The van der Waals surface area contributed by atoms with E-state index in [1.165, 1.54) is 18.2 Å². The molecule has 1 fully saturated rings. The van der Waals surface area contributed by atoms with Crippen molar-refractivity contribution in [2.75, 3.05) is 13.2 Å². The third kappa shape index (κ3) is 4.30. The second-order valence-corrected chi connectivity index (χ2v) is 8.32. The highest BCUT2D eigenvalue weighted by atomic mass is 19.1. The van der Waals surface area contributed by atoms with E-state index in [1.807, 2.05) is 6.92 Å². The second kappa shape index (κ2) is 9.20. The summed E-state index contributed by atoms with van der Waals surface area (Å²) in [6.45, 7) is 5.08. The lowest BCUT2D eigenvalue weighted by molar-refractivity contribution is 0.0375. The van der Waals surface area contributed by atoms with E-state index in [9.17, 15) is 18.4 Å². The van der Waals surface area contributed by atoms with E-state index in [-0.39, 0.29) is 53.1 Å². The molecular weight excluding hydrogens is 414 g/mol. The van der Waals surface area contributed by atoms with E-state index in [0.717, 1.165) is 0 Å². The fourth-order valence-electron chi connectivity index (χ4n) is 4.22. The van der Waals surface area contributed by atoms with Crippen LogP contribution < -0.4 is 5.32 Å². The van der Waals surface area contributed by atoms with Crippen LogP contribution in [-0.2, 0) is 11.3 Å². The molecule has 0 radical (unpaired) electrons. The molecule has 0 bridgehead atoms. The minimum absolute atomic E-state index is 0.0424. The molecule has 0 aliphatic carbocycles. The van der Waals surface area contributed by atoms with Crippen LogP contribution in [0.1, 0.15) is 53.0 Å². The average Bonchev–Trinajstić information content (AvgIpc) is 3.15. The fraction of sp³-hybridized carbons (Fsp3) is 0.360. The van der Waals surface area contributed by atoms with Gasteiger partial charge in [-0.2, -0.15) is 0 Å². The molecule has 2 aromatic carbocycles. The summed E-state index contributed by atoms with van der Waals surface area (Å²) in [5.74, 6) is -1.50. The summed E-state index contributed by atoms with van der Waals surface area (Å²) >= 11 is 0. The van der Waals surface area contributed by atoms with E-state index in [1.54, 1.807) is 35.9 Å². The number of aromatic nitrogens is 1. The van der Waals surface area contributed by atoms with Gasteiger partial charge in [-0.15, -0.1) is 0 Å². The smallest absolute Gasteiger partial charge is 0.253 e. The number of carbonyl (C=O) groups is 2. The molecule has 1 saturated heterocycles. The summed E-state index contributed by atoms with van der Waals surface area (Å²) < 4.78 is 36.3. The van der Waals surface area contributed by atoms with Crippen LogP contribution in [0.5, 0.6) is 0 Å². The molecule has 1 aliphatic rings. The summed E-state index contributed by atoms with van der Waals surface area (Å²) in [6.07, 6.45) is 2.54. The number of nitrogens with zero attached hydrogens (tertiary/aromatic N) is 1. The molecule has 1 N–H and O–H groups in total. The number of ketones is 1. The van der Waals surface area contributed by atoms with E-state index >= 15 is 0 Å². The molecule has 0 saturated carbocycles. The van der Waals surface area contributed by atoms with E-state index in [0.29, 0.717) is 30.7 Å². The van der Waals surface area contributed by atoms with Crippen molar-refractivity contribution in [3.05, 3.63) is 70.9 Å². The van der Waals surface area contributed by atoms with Gasteiger partial charge < -0.3 is 14.6 Å². The van der Waals surface area contributed by atoms with Crippen molar-refractivity contribution in [1.82, 2.24) is 9.88 Å². The van der Waals surface area contributed by atoms with Crippen molar-refractivity contribution in [3.63, 3.8) is 0 Å². The summed E-state index contributed by atoms with van der Waals surface area (Å²) in [5, 5.41) is 3.26. The van der Waals surface area contributed by atoms with Crippen LogP contribution >= 0.6 is 0 Å². The molecule has 7 heteroatoms. The van der Waals surface area contributed by atoms with Gasteiger partial charge in [-0.3, -0.25) is 9.59 Å². The molecule has 2 unspecified atom stereocenters. The van der Waals surface area contributed by atoms with Crippen molar-refractivity contribution in [3.8, 4) is 0 Å². The second-order valence-electron chi connectivity index (χ2n) is 8.32. The van der Waals surface area contributed by atoms with Gasteiger partial charge in [0.05, 0.1) is 23.3 Å². The Bertz CT molecular complexity index is 1170. The number of halogens is 2. The standard InChI is InChI=1S/C25H26F2N2O3/c1-3-23(30)17-8-7-16(11-20(17)27)12-29-13-18(24-19(26)5-4-6-22(24)29)25(31)28-21-9-10-32-14-15(21)2/h4-8,11,13,15,21H,3,9-10,12,14H2,1-2H3,(H,28,31). The first-order valence-electron chi connectivity index (χ1n) is 10.9. The Hall–Kier alpha value is -3.06. The molecule has 1 amide bonds. The normalized spacial score (nSPS) is 18.6. The quantitative estimate of drug-likeness (QED) is 0.565. The summed E-state index contributed by atoms with van der Waals surface area (Å²) in [5.41, 5.74) is 1.46. The number of Topliss-reactive ketones (excluding diaryl/α,β-unsaturated/α-hetero) is 1. The Labute approximate surface area is 185 Å². The number of amides is 1. The zero-order valence-electron chi connectivity index (χ0n) is 18.2. The lowest BCUT2D eigenvalue weighted by atomic mass is 9.97. The Kier molecular flexibility index (Phi) is 6.37. The van der Waals surface area contributed by atoms with Crippen LogP contribution in [0.3, 0.4) is 0 Å². The number of carbonyl (C=O) groups excluding carboxylic acids is 2. The molecule has 5 nitrogen and oxygen atoms in total. The van der Waals surface area contributed by atoms with Gasteiger partial charge in [0.25, 0.3) is 5.91 Å². The number of fused-ring (bicyclic) bond motifs is 1. The average molecular weight is 440 g/mol. The Morgan fingerprint density at radius 1 is 1.16 bits per heavy atom. The SMILES string of the molecule is CCC(=O)c1ccc(Cn2cc(C(=O)NC3CCOCC3C)c3c(F)cccc32)cc1F. The molecule has 168 valence electrons. The first kappa shape index (κ1) is 22.1. The van der Waals surface area contributed by atoms with Crippen molar-refractivity contribution in [2.45, 2.75) is 39.3 Å². The lowest BCUT2D eigenvalue weighted by Crippen LogP contribution is -2.44. The number of hydrogen-bond donors (Lipinski definition) is 1. The highest BCUT2D eigenvalue weighted by Crippen LogP contribution is 2.26. The molecule has 2 atom stereocenters. The van der Waals surface area contributed by atoms with Crippen LogP contribution in [0.25, 0.3) is 10.9 Å². The van der Waals surface area contributed by atoms with Crippen molar-refractivity contribution >= 4 is 22.6 Å². The molecule has 3 aromatic rings. The van der Waals surface area contributed by atoms with Crippen molar-refractivity contribution in [1.29, 1.82) is 0 Å². The van der Waals surface area contributed by atoms with Gasteiger partial charge in [-0.25, -0.2) is 8.78 Å². The summed E-state index contributed by atoms with van der Waals surface area (Å²) in [6, 6.07) is 9.07. The number of ether oxygens (including phenoxy) is 1. The fourth-order valence-corrected chi connectivity index (χ4v) is 4.22. The molecule has 2 heterocycles. The van der Waals surface area contributed by atoms with Crippen molar-refractivity contribution < 1.29 is 23.1 Å². The monoisotopic (exact) mass is 440 g/mol. The molecule has 4 rings (SSSR count). The number of benzene rings is 2. The Morgan fingerprint density at radius 2 is 1.97 bits per heavy atom. The molecule has 0 spiro atoms. The van der Waals surface area contributed by atoms with Gasteiger partial charge >= 0.3 is 0 Å². The maximum atomic E-state index is 14.7. The third-order valence-corrected chi connectivity index (χ3v) is 6.07. The van der Waals surface area contributed by atoms with Gasteiger partial charge in [0.2, 0.25) is 0 Å². The topological polar surface area (TPSA) is 60.3 Å². The largest absolute Gasteiger partial charge is 0.381 e. The first-order chi connectivity index (χ1) is 15.4. The summed E-state index contributed by atoms with van der Waals surface area (Å²) in [4.78, 5) is 24.9. The van der Waals surface area contributed by atoms with Gasteiger partial charge in [-0.1, -0.05) is 26.0 Å². The predicted molar refractivity (Wildman–Crippen MR) is 118 cm³/mol. The van der Waals surface area contributed by atoms with Crippen LogP contribution in [-0.4, -0.2) is 35.5 Å². The van der Waals surface area contributed by atoms with Crippen LogP contribution in [0.15, 0.2) is 42.6 Å². The predicted octanol–water partition coefficient (Wildman–Crippen LogP) is 4.72. The van der Waals surface area contributed by atoms with E-state index in [4.69, 9.17) is 4.74 Å². The van der Waals surface area contributed by atoms with Crippen LogP contribution in [0.2, 0.25) is 0 Å². The van der Waals surface area contributed by atoms with E-state index < -0.39 is 11.6 Å². The number of nitrogens with one attached hydrogen (secondary N) is 1. The van der Waals surface area contributed by atoms with E-state index in [2.05, 4.69) is 5.32 Å². The molecule has 1 aliphatic heterocycles. The van der Waals surface area contributed by atoms with Gasteiger partial charge in [0.15, 0.2) is 5.78 Å². The lowest BCUT2D eigenvalue weighted by Gasteiger charge is -2.29. The number of hydrogen-bond acceptors (Lipinski definition) is 3. The maximum Gasteiger partial charge on any atom is 0.253 e. The highest BCUT2D eigenvalue weighted by molar-refractivity contribution is 6.07. The van der Waals surface area contributed by atoms with Crippen LogP contribution in [0.4, 0.5) is 8.78 Å². The van der Waals surface area contributed by atoms with Crippen LogP contribution in [0, 0.1) is 17.6 Å². The summed E-state index contributed by atoms with van der Waals surface area (Å²) in [7, 11) is 0. The van der Waals surface area contributed by atoms with Gasteiger partial charge in [-0.05, 0) is 42.2 Å². The van der Waals surface area contributed by atoms with Gasteiger partial charge in [0, 0.05) is 37.2 Å². The third-order valence-electron chi connectivity index (χ3n) is 6.07. The zero-order valence-corrected chi connectivity index (χ0v) is 18.2. The maximum absolute atomic E-state index is 14.7. The molecular formula is C25H26F2N2O3. The Balaban J connectivity index is 1.66. The molecule has 32 heavy (non-hydrogen) atoms. The minimum Gasteiger partial charge on any atom is -0.381 e. The zero-order chi connectivity index (χ0) is 22.8. The van der Waals surface area contributed by atoms with Gasteiger partial charge in [0.1, 0.15) is 11.6 Å². The molecule has 1 aromatic heterocycles.